The van der Waals surface area contributed by atoms with Crippen molar-refractivity contribution < 1.29 is 0 Å². The van der Waals surface area contributed by atoms with Gasteiger partial charge in [-0.1, -0.05) is 43.0 Å². The predicted molar refractivity (Wildman–Crippen MR) is 113 cm³/mol. The molecule has 27 heavy (non-hydrogen) atoms. The number of thioether (sulfide) groups is 1. The lowest BCUT2D eigenvalue weighted by molar-refractivity contribution is 0.322. The monoisotopic (exact) mass is 376 g/mol. The van der Waals surface area contributed by atoms with Crippen LogP contribution >= 0.6 is 11.8 Å². The van der Waals surface area contributed by atoms with Crippen molar-refractivity contribution in [2.24, 2.45) is 4.99 Å². The van der Waals surface area contributed by atoms with Gasteiger partial charge < -0.3 is 9.47 Å². The van der Waals surface area contributed by atoms with Gasteiger partial charge in [-0.05, 0) is 32.0 Å². The quantitative estimate of drug-likeness (QED) is 0.629. The van der Waals surface area contributed by atoms with Gasteiger partial charge in [-0.15, -0.1) is 0 Å². The SMILES string of the molecule is CC(C)n1cc([C@H]2[C@H](c3ccccn3)N=C3S[C@@H](C)CN32)c2ccccc21. The normalized spacial score (nSPS) is 24.7. The Labute approximate surface area is 164 Å². The summed E-state index contributed by atoms with van der Waals surface area (Å²) >= 11 is 1.89. The van der Waals surface area contributed by atoms with E-state index in [4.69, 9.17) is 4.99 Å². The molecule has 5 rings (SSSR count). The molecule has 0 radical (unpaired) electrons. The van der Waals surface area contributed by atoms with Gasteiger partial charge in [0.05, 0.1) is 11.7 Å². The van der Waals surface area contributed by atoms with Crippen molar-refractivity contribution in [1.82, 2.24) is 14.5 Å². The molecule has 3 atom stereocenters. The van der Waals surface area contributed by atoms with Gasteiger partial charge in [0.15, 0.2) is 5.17 Å². The summed E-state index contributed by atoms with van der Waals surface area (Å²) in [5, 5.41) is 3.08. The molecule has 4 nitrogen and oxygen atoms in total. The van der Waals surface area contributed by atoms with Gasteiger partial charge in [0, 0.05) is 46.7 Å². The first-order valence-corrected chi connectivity index (χ1v) is 10.5. The number of aromatic nitrogens is 2. The first kappa shape index (κ1) is 16.9. The minimum absolute atomic E-state index is 0.0487. The molecule has 0 saturated carbocycles. The Morgan fingerprint density at radius 3 is 2.70 bits per heavy atom. The highest BCUT2D eigenvalue weighted by atomic mass is 32.2. The van der Waals surface area contributed by atoms with Crippen molar-refractivity contribution in [3.05, 3.63) is 66.1 Å². The van der Waals surface area contributed by atoms with Crippen LogP contribution in [0, 0.1) is 0 Å². The molecule has 1 saturated heterocycles. The Hall–Kier alpha value is -2.27. The van der Waals surface area contributed by atoms with Gasteiger partial charge in [0.25, 0.3) is 0 Å². The van der Waals surface area contributed by atoms with E-state index in [1.165, 1.54) is 21.6 Å². The number of aliphatic imine (C=N–C) groups is 1. The molecule has 4 heterocycles. The van der Waals surface area contributed by atoms with Crippen molar-refractivity contribution in [1.29, 1.82) is 0 Å². The average molecular weight is 377 g/mol. The first-order valence-electron chi connectivity index (χ1n) is 9.65. The van der Waals surface area contributed by atoms with Gasteiger partial charge in [0.2, 0.25) is 0 Å². The highest BCUT2D eigenvalue weighted by Crippen LogP contribution is 2.49. The zero-order valence-electron chi connectivity index (χ0n) is 15.9. The molecule has 5 heteroatoms. The largest absolute Gasteiger partial charge is 0.345 e. The molecule has 1 fully saturated rings. The van der Waals surface area contributed by atoms with E-state index in [2.05, 4.69) is 77.8 Å². The minimum atomic E-state index is 0.0487. The number of rotatable bonds is 3. The summed E-state index contributed by atoms with van der Waals surface area (Å²) in [4.78, 5) is 12.3. The van der Waals surface area contributed by atoms with Gasteiger partial charge in [-0.3, -0.25) is 9.98 Å². The molecule has 2 aliphatic rings. The number of pyridine rings is 1. The maximum atomic E-state index is 5.12. The van der Waals surface area contributed by atoms with Crippen LogP contribution in [0.2, 0.25) is 0 Å². The molecule has 0 bridgehead atoms. The minimum Gasteiger partial charge on any atom is -0.345 e. The molecule has 0 unspecified atom stereocenters. The van der Waals surface area contributed by atoms with Crippen LogP contribution in [-0.2, 0) is 0 Å². The Morgan fingerprint density at radius 1 is 1.11 bits per heavy atom. The summed E-state index contributed by atoms with van der Waals surface area (Å²) in [6.45, 7) is 7.82. The van der Waals surface area contributed by atoms with Crippen LogP contribution in [0.15, 0.2) is 59.9 Å². The van der Waals surface area contributed by atoms with Crippen LogP contribution in [0.25, 0.3) is 10.9 Å². The molecular formula is C22H24N4S. The second-order valence-electron chi connectivity index (χ2n) is 7.74. The Morgan fingerprint density at radius 2 is 1.93 bits per heavy atom. The van der Waals surface area contributed by atoms with E-state index >= 15 is 0 Å². The third kappa shape index (κ3) is 2.67. The van der Waals surface area contributed by atoms with Crippen LogP contribution in [0.4, 0.5) is 0 Å². The van der Waals surface area contributed by atoms with Crippen molar-refractivity contribution in [2.75, 3.05) is 6.54 Å². The summed E-state index contributed by atoms with van der Waals surface area (Å²) in [5.74, 6) is 0. The van der Waals surface area contributed by atoms with Crippen molar-refractivity contribution in [3.63, 3.8) is 0 Å². The smallest absolute Gasteiger partial charge is 0.160 e. The van der Waals surface area contributed by atoms with Crippen molar-refractivity contribution in [2.45, 2.75) is 44.1 Å². The first-order chi connectivity index (χ1) is 13.1. The molecule has 0 aliphatic carbocycles. The van der Waals surface area contributed by atoms with E-state index in [0.29, 0.717) is 11.3 Å². The lowest BCUT2D eigenvalue weighted by atomic mass is 9.96. The van der Waals surface area contributed by atoms with E-state index in [-0.39, 0.29) is 12.1 Å². The van der Waals surface area contributed by atoms with E-state index in [9.17, 15) is 0 Å². The molecule has 0 spiro atoms. The van der Waals surface area contributed by atoms with Crippen molar-refractivity contribution >= 4 is 27.8 Å². The lowest BCUT2D eigenvalue weighted by Crippen LogP contribution is -2.28. The number of amidine groups is 1. The zero-order chi connectivity index (χ0) is 18.5. The zero-order valence-corrected chi connectivity index (χ0v) is 16.7. The number of benzene rings is 1. The van der Waals surface area contributed by atoms with Gasteiger partial charge >= 0.3 is 0 Å². The molecule has 3 aromatic rings. The Kier molecular flexibility index (Phi) is 4.01. The number of hydrogen-bond donors (Lipinski definition) is 0. The van der Waals surface area contributed by atoms with Gasteiger partial charge in [-0.25, -0.2) is 0 Å². The second-order valence-corrected chi connectivity index (χ2v) is 9.14. The van der Waals surface area contributed by atoms with E-state index in [1.807, 2.05) is 24.0 Å². The Bertz CT molecular complexity index is 1010. The molecule has 1 aromatic carbocycles. The topological polar surface area (TPSA) is 33.4 Å². The highest BCUT2D eigenvalue weighted by molar-refractivity contribution is 8.14. The van der Waals surface area contributed by atoms with Crippen LogP contribution in [-0.4, -0.2) is 31.4 Å². The third-order valence-electron chi connectivity index (χ3n) is 5.53. The molecule has 2 aromatic heterocycles. The molecule has 138 valence electrons. The van der Waals surface area contributed by atoms with E-state index in [0.717, 1.165) is 12.2 Å². The number of para-hydroxylation sites is 1. The fourth-order valence-corrected chi connectivity index (χ4v) is 5.44. The summed E-state index contributed by atoms with van der Waals surface area (Å²) in [5.41, 5.74) is 3.72. The van der Waals surface area contributed by atoms with E-state index < -0.39 is 0 Å². The second kappa shape index (κ2) is 6.41. The van der Waals surface area contributed by atoms with Crippen LogP contribution in [0.1, 0.15) is 50.2 Å². The summed E-state index contributed by atoms with van der Waals surface area (Å²) < 4.78 is 2.39. The lowest BCUT2D eigenvalue weighted by Gasteiger charge is -2.27. The molecule has 0 N–H and O–H groups in total. The van der Waals surface area contributed by atoms with Gasteiger partial charge in [0.1, 0.15) is 6.04 Å². The molecule has 0 amide bonds. The van der Waals surface area contributed by atoms with Crippen LogP contribution in [0.3, 0.4) is 0 Å². The number of nitrogens with zero attached hydrogens (tertiary/aromatic N) is 4. The standard InChI is InChI=1S/C22H24N4S/c1-14(2)25-13-17(16-8-4-5-10-19(16)25)21-20(18-9-6-7-11-23-18)24-22-26(21)12-15(3)27-22/h4-11,13-15,20-21H,12H2,1-3H3/t15-,20-,21-/m0/s1. The third-order valence-corrected chi connectivity index (χ3v) is 6.63. The molecular weight excluding hydrogens is 352 g/mol. The van der Waals surface area contributed by atoms with E-state index in [1.54, 1.807) is 0 Å². The number of hydrogen-bond acceptors (Lipinski definition) is 4. The fraction of sp³-hybridized carbons (Fsp3) is 0.364. The predicted octanol–water partition coefficient (Wildman–Crippen LogP) is 5.21. The summed E-state index contributed by atoms with van der Waals surface area (Å²) in [6, 6.07) is 15.6. The van der Waals surface area contributed by atoms with Crippen LogP contribution < -0.4 is 0 Å². The Balaban J connectivity index is 1.69. The summed E-state index contributed by atoms with van der Waals surface area (Å²) in [6.07, 6.45) is 4.23. The summed E-state index contributed by atoms with van der Waals surface area (Å²) in [7, 11) is 0. The maximum Gasteiger partial charge on any atom is 0.160 e. The molecule has 2 aliphatic heterocycles. The average Bonchev–Trinajstić information content (AvgIpc) is 3.32. The maximum absolute atomic E-state index is 5.12. The highest BCUT2D eigenvalue weighted by Gasteiger charge is 2.44. The van der Waals surface area contributed by atoms with Crippen LogP contribution in [0.5, 0.6) is 0 Å². The van der Waals surface area contributed by atoms with Crippen molar-refractivity contribution in [3.8, 4) is 0 Å². The fourth-order valence-electron chi connectivity index (χ4n) is 4.35. The van der Waals surface area contributed by atoms with Gasteiger partial charge in [-0.2, -0.15) is 0 Å². The number of fused-ring (bicyclic) bond motifs is 2.